The highest BCUT2D eigenvalue weighted by Crippen LogP contribution is 2.35. The number of aliphatic hydroxyl groups is 1. The third-order valence-corrected chi connectivity index (χ3v) is 2.49. The Morgan fingerprint density at radius 3 is 2.58 bits per heavy atom. The van der Waals surface area contributed by atoms with Gasteiger partial charge >= 0.3 is 0 Å². The molecular formula is C13H21Cl2NO3. The SMILES string of the molecule is COc1cc(Cl)cc(CNCCO)c1OC(C)C.Cl. The second-order valence-electron chi connectivity index (χ2n) is 4.16. The molecule has 0 radical (unpaired) electrons. The normalized spacial score (nSPS) is 10.2. The highest BCUT2D eigenvalue weighted by molar-refractivity contribution is 6.30. The van der Waals surface area contributed by atoms with Crippen LogP contribution in [0.4, 0.5) is 0 Å². The molecule has 0 aromatic heterocycles. The maximum absolute atomic E-state index is 8.77. The zero-order valence-corrected chi connectivity index (χ0v) is 13.0. The monoisotopic (exact) mass is 309 g/mol. The molecule has 0 saturated heterocycles. The van der Waals surface area contributed by atoms with Crippen molar-refractivity contribution in [2.45, 2.75) is 26.5 Å². The minimum absolute atomic E-state index is 0. The molecule has 0 bridgehead atoms. The maximum atomic E-state index is 8.77. The summed E-state index contributed by atoms with van der Waals surface area (Å²) in [4.78, 5) is 0. The van der Waals surface area contributed by atoms with Crippen molar-refractivity contribution in [1.29, 1.82) is 0 Å². The van der Waals surface area contributed by atoms with Crippen molar-refractivity contribution >= 4 is 24.0 Å². The van der Waals surface area contributed by atoms with Gasteiger partial charge in [-0.3, -0.25) is 0 Å². The summed E-state index contributed by atoms with van der Waals surface area (Å²) in [6.07, 6.45) is 0.0525. The largest absolute Gasteiger partial charge is 0.493 e. The van der Waals surface area contributed by atoms with Crippen LogP contribution >= 0.6 is 24.0 Å². The van der Waals surface area contributed by atoms with Gasteiger partial charge in [-0.05, 0) is 19.9 Å². The fraction of sp³-hybridized carbons (Fsp3) is 0.538. The number of methoxy groups -OCH3 is 1. The lowest BCUT2D eigenvalue weighted by molar-refractivity contribution is 0.226. The highest BCUT2D eigenvalue weighted by Gasteiger charge is 2.13. The average Bonchev–Trinajstić information content (AvgIpc) is 2.31. The molecule has 0 fully saturated rings. The highest BCUT2D eigenvalue weighted by atomic mass is 35.5. The van der Waals surface area contributed by atoms with E-state index in [0.717, 1.165) is 5.56 Å². The quantitative estimate of drug-likeness (QED) is 0.760. The number of ether oxygens (including phenoxy) is 2. The van der Waals surface area contributed by atoms with Crippen LogP contribution in [-0.2, 0) is 6.54 Å². The molecule has 0 amide bonds. The van der Waals surface area contributed by atoms with E-state index in [9.17, 15) is 0 Å². The second kappa shape index (κ2) is 9.26. The Kier molecular flexibility index (Phi) is 8.93. The Hall–Kier alpha value is -0.680. The van der Waals surface area contributed by atoms with Crippen LogP contribution in [0.15, 0.2) is 12.1 Å². The van der Waals surface area contributed by atoms with Crippen molar-refractivity contribution < 1.29 is 14.6 Å². The van der Waals surface area contributed by atoms with Crippen LogP contribution in [0.3, 0.4) is 0 Å². The maximum Gasteiger partial charge on any atom is 0.166 e. The molecule has 2 N–H and O–H groups in total. The van der Waals surface area contributed by atoms with Crippen molar-refractivity contribution in [3.8, 4) is 11.5 Å². The van der Waals surface area contributed by atoms with Gasteiger partial charge < -0.3 is 19.9 Å². The summed E-state index contributed by atoms with van der Waals surface area (Å²) in [5.41, 5.74) is 0.918. The van der Waals surface area contributed by atoms with Gasteiger partial charge in [-0.25, -0.2) is 0 Å². The van der Waals surface area contributed by atoms with Gasteiger partial charge in [0.25, 0.3) is 0 Å². The van der Waals surface area contributed by atoms with Gasteiger partial charge in [0.1, 0.15) is 0 Å². The Balaban J connectivity index is 0.00000324. The molecule has 0 aliphatic rings. The summed E-state index contributed by atoms with van der Waals surface area (Å²) in [5, 5.41) is 12.5. The zero-order valence-electron chi connectivity index (χ0n) is 11.4. The number of hydrogen-bond donors (Lipinski definition) is 2. The van der Waals surface area contributed by atoms with Crippen molar-refractivity contribution in [2.24, 2.45) is 0 Å². The standard InChI is InChI=1S/C13H20ClNO3.ClH/c1-9(2)18-13-10(8-15-4-5-16)6-11(14)7-12(13)17-3;/h6-7,9,15-16H,4-5,8H2,1-3H3;1H. The van der Waals surface area contributed by atoms with E-state index in [-0.39, 0.29) is 25.1 Å². The number of halogens is 2. The van der Waals surface area contributed by atoms with E-state index in [1.807, 2.05) is 19.9 Å². The molecule has 4 nitrogen and oxygen atoms in total. The van der Waals surface area contributed by atoms with Crippen molar-refractivity contribution in [3.63, 3.8) is 0 Å². The first-order valence-corrected chi connectivity index (χ1v) is 6.31. The Morgan fingerprint density at radius 2 is 2.05 bits per heavy atom. The van der Waals surface area contributed by atoms with E-state index >= 15 is 0 Å². The summed E-state index contributed by atoms with van der Waals surface area (Å²) in [7, 11) is 1.59. The summed E-state index contributed by atoms with van der Waals surface area (Å²) in [5.74, 6) is 1.32. The number of rotatable bonds is 7. The Bertz CT molecular complexity index is 386. The van der Waals surface area contributed by atoms with Gasteiger partial charge in [0.15, 0.2) is 11.5 Å². The first kappa shape index (κ1) is 18.3. The predicted molar refractivity (Wildman–Crippen MR) is 79.8 cm³/mol. The fourth-order valence-electron chi connectivity index (χ4n) is 1.58. The molecule has 0 saturated carbocycles. The van der Waals surface area contributed by atoms with E-state index < -0.39 is 0 Å². The second-order valence-corrected chi connectivity index (χ2v) is 4.60. The minimum atomic E-state index is 0. The molecule has 0 heterocycles. The molecule has 0 atom stereocenters. The predicted octanol–water partition coefficient (Wildman–Crippen LogP) is 2.64. The number of nitrogens with one attached hydrogen (secondary N) is 1. The molecule has 0 unspecified atom stereocenters. The lowest BCUT2D eigenvalue weighted by Crippen LogP contribution is -2.19. The molecule has 110 valence electrons. The van der Waals surface area contributed by atoms with Crippen LogP contribution in [-0.4, -0.2) is 31.5 Å². The molecule has 1 aromatic rings. The van der Waals surface area contributed by atoms with E-state index in [4.69, 9.17) is 26.2 Å². The summed E-state index contributed by atoms with van der Waals surface area (Å²) in [6.45, 7) is 5.10. The number of aliphatic hydroxyl groups excluding tert-OH is 1. The zero-order chi connectivity index (χ0) is 13.5. The van der Waals surface area contributed by atoms with Crippen LogP contribution in [0, 0.1) is 0 Å². The van der Waals surface area contributed by atoms with E-state index in [0.29, 0.717) is 29.6 Å². The Morgan fingerprint density at radius 1 is 1.37 bits per heavy atom. The fourth-order valence-corrected chi connectivity index (χ4v) is 1.81. The Labute approximate surface area is 125 Å². The van der Waals surface area contributed by atoms with E-state index in [2.05, 4.69) is 5.32 Å². The summed E-state index contributed by atoms with van der Waals surface area (Å²) < 4.78 is 11.1. The van der Waals surface area contributed by atoms with Gasteiger partial charge in [-0.1, -0.05) is 11.6 Å². The first-order chi connectivity index (χ1) is 8.58. The average molecular weight is 310 g/mol. The van der Waals surface area contributed by atoms with Gasteiger partial charge in [0, 0.05) is 29.7 Å². The van der Waals surface area contributed by atoms with Crippen LogP contribution in [0.5, 0.6) is 11.5 Å². The molecule has 6 heteroatoms. The van der Waals surface area contributed by atoms with Crippen LogP contribution in [0.1, 0.15) is 19.4 Å². The topological polar surface area (TPSA) is 50.7 Å². The minimum Gasteiger partial charge on any atom is -0.493 e. The number of hydrogen-bond acceptors (Lipinski definition) is 4. The van der Waals surface area contributed by atoms with Crippen molar-refractivity contribution in [2.75, 3.05) is 20.3 Å². The molecule has 1 rings (SSSR count). The molecule has 1 aromatic carbocycles. The van der Waals surface area contributed by atoms with Crippen LogP contribution < -0.4 is 14.8 Å². The third kappa shape index (κ3) is 5.87. The summed E-state index contributed by atoms with van der Waals surface area (Å²) >= 11 is 6.04. The van der Waals surface area contributed by atoms with Crippen molar-refractivity contribution in [1.82, 2.24) is 5.32 Å². The van der Waals surface area contributed by atoms with Crippen LogP contribution in [0.2, 0.25) is 5.02 Å². The van der Waals surface area contributed by atoms with Gasteiger partial charge in [0.2, 0.25) is 0 Å². The number of benzene rings is 1. The smallest absolute Gasteiger partial charge is 0.166 e. The van der Waals surface area contributed by atoms with E-state index in [1.54, 1.807) is 13.2 Å². The van der Waals surface area contributed by atoms with Gasteiger partial charge in [-0.2, -0.15) is 0 Å². The lowest BCUT2D eigenvalue weighted by Gasteiger charge is -2.18. The van der Waals surface area contributed by atoms with Crippen molar-refractivity contribution in [3.05, 3.63) is 22.7 Å². The molecule has 0 aliphatic carbocycles. The van der Waals surface area contributed by atoms with Gasteiger partial charge in [0.05, 0.1) is 19.8 Å². The molecule has 0 aliphatic heterocycles. The molecule has 19 heavy (non-hydrogen) atoms. The van der Waals surface area contributed by atoms with Crippen LogP contribution in [0.25, 0.3) is 0 Å². The van der Waals surface area contributed by atoms with Gasteiger partial charge in [-0.15, -0.1) is 12.4 Å². The lowest BCUT2D eigenvalue weighted by atomic mass is 10.1. The third-order valence-electron chi connectivity index (χ3n) is 2.27. The molecule has 0 spiro atoms. The summed E-state index contributed by atoms with van der Waals surface area (Å²) in [6, 6.07) is 3.57. The van der Waals surface area contributed by atoms with E-state index in [1.165, 1.54) is 0 Å². The molecular weight excluding hydrogens is 289 g/mol. The first-order valence-electron chi connectivity index (χ1n) is 5.93.